The highest BCUT2D eigenvalue weighted by molar-refractivity contribution is 9.09. The zero-order chi connectivity index (χ0) is 15.3. The van der Waals surface area contributed by atoms with E-state index >= 15 is 0 Å². The second-order valence-corrected chi connectivity index (χ2v) is 11.5. The maximum absolute atomic E-state index is 12.5. The van der Waals surface area contributed by atoms with Crippen LogP contribution in [0.2, 0.25) is 19.6 Å². The molecule has 1 saturated heterocycles. The Morgan fingerprint density at radius 3 is 2.60 bits per heavy atom. The molecule has 1 aliphatic heterocycles. The molecular weight excluding hydrogens is 338 g/mol. The van der Waals surface area contributed by atoms with E-state index in [0.717, 1.165) is 0 Å². The van der Waals surface area contributed by atoms with Gasteiger partial charge in [-0.15, -0.1) is 11.5 Å². The number of cyclic esters (lactones) is 1. The first-order valence-corrected chi connectivity index (χ1v) is 11.4. The molecule has 0 aromatic carbocycles. The summed E-state index contributed by atoms with van der Waals surface area (Å²) in [6.07, 6.45) is 0.143. The maximum atomic E-state index is 12.5. The first-order chi connectivity index (χ1) is 9.26. The fourth-order valence-electron chi connectivity index (χ4n) is 1.93. The highest BCUT2D eigenvalue weighted by atomic mass is 79.9. The predicted molar refractivity (Wildman–Crippen MR) is 85.2 cm³/mol. The van der Waals surface area contributed by atoms with Gasteiger partial charge in [0.1, 0.15) is 14.7 Å². The molecule has 1 rings (SSSR count). The van der Waals surface area contributed by atoms with E-state index in [1.165, 1.54) is 4.90 Å². The standard InChI is InChI=1S/C14H22BrNO3Si/c1-11(6-10-20(2,3)4)12(5-7-15)13(17)16-8-9-19-14(16)18/h11-12H,5,7-9H2,1-4H3/t11-,12+/m1/s1. The molecule has 1 heterocycles. The Kier molecular flexibility index (Phi) is 6.27. The van der Waals surface area contributed by atoms with Crippen molar-refractivity contribution < 1.29 is 14.3 Å². The van der Waals surface area contributed by atoms with E-state index < -0.39 is 14.2 Å². The summed E-state index contributed by atoms with van der Waals surface area (Å²) in [5, 5.41) is 0.714. The third-order valence-corrected chi connectivity index (χ3v) is 4.39. The molecule has 0 radical (unpaired) electrons. The summed E-state index contributed by atoms with van der Waals surface area (Å²) in [6, 6.07) is 0. The van der Waals surface area contributed by atoms with Gasteiger partial charge in [-0.2, -0.15) is 0 Å². The summed E-state index contributed by atoms with van der Waals surface area (Å²) in [4.78, 5) is 25.2. The van der Waals surface area contributed by atoms with Crippen molar-refractivity contribution in [3.63, 3.8) is 0 Å². The van der Waals surface area contributed by atoms with Crippen LogP contribution in [0, 0.1) is 23.3 Å². The number of nitrogens with zero attached hydrogens (tertiary/aromatic N) is 1. The molecule has 2 amide bonds. The Morgan fingerprint density at radius 2 is 2.15 bits per heavy atom. The molecule has 20 heavy (non-hydrogen) atoms. The molecule has 0 aromatic rings. The fourth-order valence-corrected chi connectivity index (χ4v) is 3.08. The topological polar surface area (TPSA) is 46.6 Å². The molecule has 1 fully saturated rings. The van der Waals surface area contributed by atoms with Gasteiger partial charge in [-0.25, -0.2) is 9.69 Å². The molecule has 2 atom stereocenters. The van der Waals surface area contributed by atoms with E-state index in [2.05, 4.69) is 47.0 Å². The van der Waals surface area contributed by atoms with E-state index in [-0.39, 0.29) is 17.7 Å². The Balaban J connectivity index is 2.84. The van der Waals surface area contributed by atoms with E-state index in [1.807, 2.05) is 6.92 Å². The number of amides is 2. The van der Waals surface area contributed by atoms with Crippen LogP contribution in [0.4, 0.5) is 4.79 Å². The summed E-state index contributed by atoms with van der Waals surface area (Å²) in [7, 11) is -1.46. The quantitative estimate of drug-likeness (QED) is 0.440. The van der Waals surface area contributed by atoms with Crippen molar-refractivity contribution >= 4 is 36.0 Å². The van der Waals surface area contributed by atoms with Gasteiger partial charge < -0.3 is 4.74 Å². The van der Waals surface area contributed by atoms with Gasteiger partial charge in [-0.1, -0.05) is 42.5 Å². The lowest BCUT2D eigenvalue weighted by Gasteiger charge is -2.22. The molecular formula is C14H22BrNO3Si. The zero-order valence-corrected chi connectivity index (χ0v) is 15.1. The van der Waals surface area contributed by atoms with Crippen LogP contribution in [0.25, 0.3) is 0 Å². The molecule has 0 aromatic heterocycles. The normalized spacial score (nSPS) is 18.1. The molecule has 112 valence electrons. The molecule has 0 bridgehead atoms. The van der Waals surface area contributed by atoms with E-state index in [9.17, 15) is 9.59 Å². The molecule has 0 aliphatic carbocycles. The van der Waals surface area contributed by atoms with Crippen molar-refractivity contribution in [2.45, 2.75) is 33.0 Å². The number of hydrogen-bond acceptors (Lipinski definition) is 3. The third-order valence-electron chi connectivity index (χ3n) is 3.04. The number of carbonyl (C=O) groups excluding carboxylic acids is 2. The largest absolute Gasteiger partial charge is 0.447 e. The van der Waals surface area contributed by atoms with E-state index in [4.69, 9.17) is 4.74 Å². The Morgan fingerprint density at radius 1 is 1.50 bits per heavy atom. The van der Waals surface area contributed by atoms with Crippen LogP contribution in [-0.2, 0) is 9.53 Å². The van der Waals surface area contributed by atoms with Gasteiger partial charge in [0.05, 0.1) is 12.5 Å². The highest BCUT2D eigenvalue weighted by Crippen LogP contribution is 2.21. The Hall–Kier alpha value is -0.803. The van der Waals surface area contributed by atoms with Crippen molar-refractivity contribution in [1.82, 2.24) is 4.90 Å². The number of alkyl halides is 1. The van der Waals surface area contributed by atoms with Crippen molar-refractivity contribution in [3.05, 3.63) is 0 Å². The summed E-state index contributed by atoms with van der Waals surface area (Å²) in [5.41, 5.74) is 3.30. The Labute approximate surface area is 130 Å². The van der Waals surface area contributed by atoms with Crippen LogP contribution in [0.5, 0.6) is 0 Å². The third kappa shape index (κ3) is 4.95. The number of ether oxygens (including phenoxy) is 1. The molecule has 0 unspecified atom stereocenters. The molecule has 0 N–H and O–H groups in total. The van der Waals surface area contributed by atoms with Crippen LogP contribution in [-0.4, -0.2) is 43.5 Å². The van der Waals surface area contributed by atoms with Gasteiger partial charge in [0.15, 0.2) is 0 Å². The van der Waals surface area contributed by atoms with Gasteiger partial charge in [-0.05, 0) is 6.42 Å². The maximum Gasteiger partial charge on any atom is 0.416 e. The predicted octanol–water partition coefficient (Wildman–Crippen LogP) is 2.88. The van der Waals surface area contributed by atoms with Gasteiger partial charge >= 0.3 is 6.09 Å². The monoisotopic (exact) mass is 359 g/mol. The van der Waals surface area contributed by atoms with Crippen LogP contribution in [0.15, 0.2) is 0 Å². The number of imide groups is 1. The van der Waals surface area contributed by atoms with Crippen LogP contribution >= 0.6 is 15.9 Å². The van der Waals surface area contributed by atoms with Crippen molar-refractivity contribution in [1.29, 1.82) is 0 Å². The van der Waals surface area contributed by atoms with Gasteiger partial charge in [0, 0.05) is 11.2 Å². The summed E-state index contributed by atoms with van der Waals surface area (Å²) in [5.74, 6) is 2.74. The zero-order valence-electron chi connectivity index (χ0n) is 12.5. The van der Waals surface area contributed by atoms with E-state index in [0.29, 0.717) is 24.9 Å². The van der Waals surface area contributed by atoms with Crippen LogP contribution in [0.3, 0.4) is 0 Å². The molecule has 0 saturated carbocycles. The molecule has 1 aliphatic rings. The lowest BCUT2D eigenvalue weighted by atomic mass is 9.91. The number of carbonyl (C=O) groups is 2. The van der Waals surface area contributed by atoms with Crippen molar-refractivity contribution in [3.8, 4) is 11.5 Å². The minimum absolute atomic E-state index is 0.0554. The van der Waals surface area contributed by atoms with Crippen LogP contribution in [0.1, 0.15) is 13.3 Å². The van der Waals surface area contributed by atoms with Crippen LogP contribution < -0.4 is 0 Å². The molecule has 0 spiro atoms. The number of hydrogen-bond donors (Lipinski definition) is 0. The summed E-state index contributed by atoms with van der Waals surface area (Å²) >= 11 is 3.37. The first-order valence-electron chi connectivity index (χ1n) is 6.83. The lowest BCUT2D eigenvalue weighted by Crippen LogP contribution is -2.39. The number of halogens is 1. The summed E-state index contributed by atoms with van der Waals surface area (Å²) in [6.45, 7) is 9.12. The second kappa shape index (κ2) is 7.28. The Bertz CT molecular complexity index is 436. The van der Waals surface area contributed by atoms with Gasteiger partial charge in [0.2, 0.25) is 5.91 Å². The lowest BCUT2D eigenvalue weighted by molar-refractivity contribution is -0.133. The average molecular weight is 360 g/mol. The summed E-state index contributed by atoms with van der Waals surface area (Å²) < 4.78 is 4.83. The second-order valence-electron chi connectivity index (χ2n) is 6.00. The SMILES string of the molecule is C[C@H](C#C[Si](C)(C)C)[C@H](CCBr)C(=O)N1CCOC1=O. The van der Waals surface area contributed by atoms with Crippen molar-refractivity contribution in [2.75, 3.05) is 18.5 Å². The fraction of sp³-hybridized carbons (Fsp3) is 0.714. The first kappa shape index (κ1) is 17.2. The van der Waals surface area contributed by atoms with E-state index in [1.54, 1.807) is 0 Å². The molecule has 4 nitrogen and oxygen atoms in total. The smallest absolute Gasteiger partial charge is 0.416 e. The highest BCUT2D eigenvalue weighted by Gasteiger charge is 2.35. The molecule has 6 heteroatoms. The minimum Gasteiger partial charge on any atom is -0.447 e. The van der Waals surface area contributed by atoms with Gasteiger partial charge in [0.25, 0.3) is 0 Å². The van der Waals surface area contributed by atoms with Crippen molar-refractivity contribution in [2.24, 2.45) is 11.8 Å². The van der Waals surface area contributed by atoms with Gasteiger partial charge in [-0.3, -0.25) is 4.79 Å². The minimum atomic E-state index is -1.46. The number of rotatable bonds is 4. The average Bonchev–Trinajstić information content (AvgIpc) is 2.77.